The summed E-state index contributed by atoms with van der Waals surface area (Å²) in [7, 11) is 3.56. The Bertz CT molecular complexity index is 315. The van der Waals surface area contributed by atoms with Gasteiger partial charge in [-0.3, -0.25) is 4.79 Å². The Kier molecular flexibility index (Phi) is 4.81. The molecule has 0 N–H and O–H groups in total. The van der Waals surface area contributed by atoms with Crippen LogP contribution in [-0.2, 0) is 19.0 Å². The standard InChI is InChI=1S/C14H25NO4/c1-14(9-11-4-6-15(2)7-5-11)18-10-12(19-14)8-13(16)17-3/h11-12H,4-10H2,1-3H3. The van der Waals surface area contributed by atoms with Crippen LogP contribution in [0.3, 0.4) is 0 Å². The first-order valence-electron chi connectivity index (χ1n) is 7.08. The Morgan fingerprint density at radius 1 is 1.42 bits per heavy atom. The minimum absolute atomic E-state index is 0.163. The minimum atomic E-state index is -0.529. The number of rotatable bonds is 4. The van der Waals surface area contributed by atoms with Gasteiger partial charge in [0.2, 0.25) is 0 Å². The summed E-state index contributed by atoms with van der Waals surface area (Å²) in [4.78, 5) is 13.6. The summed E-state index contributed by atoms with van der Waals surface area (Å²) in [5, 5.41) is 0. The molecule has 5 nitrogen and oxygen atoms in total. The van der Waals surface area contributed by atoms with Gasteiger partial charge in [-0.1, -0.05) is 0 Å². The number of carbonyl (C=O) groups excluding carboxylic acids is 1. The maximum absolute atomic E-state index is 11.2. The van der Waals surface area contributed by atoms with Crippen molar-refractivity contribution in [2.75, 3.05) is 33.9 Å². The van der Waals surface area contributed by atoms with Crippen LogP contribution < -0.4 is 0 Å². The third-order valence-electron chi connectivity index (χ3n) is 4.11. The maximum Gasteiger partial charge on any atom is 0.308 e. The highest BCUT2D eigenvalue weighted by atomic mass is 16.7. The van der Waals surface area contributed by atoms with Crippen molar-refractivity contribution in [2.45, 2.75) is 44.5 Å². The number of piperidine rings is 1. The maximum atomic E-state index is 11.2. The van der Waals surface area contributed by atoms with E-state index in [2.05, 4.69) is 16.7 Å². The number of ether oxygens (including phenoxy) is 3. The summed E-state index contributed by atoms with van der Waals surface area (Å²) in [5.74, 6) is -0.116. The number of methoxy groups -OCH3 is 1. The summed E-state index contributed by atoms with van der Waals surface area (Å²) in [5.41, 5.74) is 0. The second kappa shape index (κ2) is 6.20. The fourth-order valence-electron chi connectivity index (χ4n) is 2.96. The molecule has 2 aliphatic heterocycles. The second-order valence-corrected chi connectivity index (χ2v) is 5.92. The summed E-state index contributed by atoms with van der Waals surface area (Å²) in [6.45, 7) is 4.76. The molecule has 2 fully saturated rings. The van der Waals surface area contributed by atoms with Gasteiger partial charge in [0, 0.05) is 6.42 Å². The lowest BCUT2D eigenvalue weighted by Gasteiger charge is -2.33. The van der Waals surface area contributed by atoms with E-state index in [1.165, 1.54) is 20.0 Å². The second-order valence-electron chi connectivity index (χ2n) is 5.92. The normalized spacial score (nSPS) is 33.5. The van der Waals surface area contributed by atoms with Gasteiger partial charge in [0.25, 0.3) is 0 Å². The minimum Gasteiger partial charge on any atom is -0.469 e. The number of hydrogen-bond acceptors (Lipinski definition) is 5. The molecule has 0 aromatic heterocycles. The first-order valence-corrected chi connectivity index (χ1v) is 7.08. The van der Waals surface area contributed by atoms with Crippen LogP contribution in [0.1, 0.15) is 32.6 Å². The number of nitrogens with zero attached hydrogens (tertiary/aromatic N) is 1. The quantitative estimate of drug-likeness (QED) is 0.724. The summed E-state index contributed by atoms with van der Waals surface area (Å²) in [6.07, 6.45) is 3.42. The topological polar surface area (TPSA) is 48.0 Å². The molecule has 110 valence electrons. The van der Waals surface area contributed by atoms with E-state index in [0.717, 1.165) is 19.5 Å². The SMILES string of the molecule is COC(=O)CC1COC(C)(CC2CCN(C)CC2)O1. The fraction of sp³-hybridized carbons (Fsp3) is 0.929. The fourth-order valence-corrected chi connectivity index (χ4v) is 2.96. The largest absolute Gasteiger partial charge is 0.469 e. The van der Waals surface area contributed by atoms with Crippen LogP contribution >= 0.6 is 0 Å². The van der Waals surface area contributed by atoms with Gasteiger partial charge < -0.3 is 19.1 Å². The van der Waals surface area contributed by atoms with Crippen molar-refractivity contribution in [1.29, 1.82) is 0 Å². The Balaban J connectivity index is 1.79. The van der Waals surface area contributed by atoms with Crippen molar-refractivity contribution in [2.24, 2.45) is 5.92 Å². The molecule has 2 unspecified atom stereocenters. The zero-order valence-electron chi connectivity index (χ0n) is 12.2. The number of esters is 1. The van der Waals surface area contributed by atoms with Crippen LogP contribution in [0.5, 0.6) is 0 Å². The first kappa shape index (κ1) is 14.8. The van der Waals surface area contributed by atoms with Crippen molar-refractivity contribution in [3.05, 3.63) is 0 Å². The molecule has 2 saturated heterocycles. The monoisotopic (exact) mass is 271 g/mol. The Hall–Kier alpha value is -0.650. The van der Waals surface area contributed by atoms with E-state index < -0.39 is 5.79 Å². The molecule has 2 heterocycles. The van der Waals surface area contributed by atoms with Crippen molar-refractivity contribution in [3.63, 3.8) is 0 Å². The van der Waals surface area contributed by atoms with Gasteiger partial charge in [-0.15, -0.1) is 0 Å². The van der Waals surface area contributed by atoms with Crippen molar-refractivity contribution in [3.8, 4) is 0 Å². The number of carbonyl (C=O) groups is 1. The molecule has 0 aromatic carbocycles. The van der Waals surface area contributed by atoms with Crippen LogP contribution in [0.15, 0.2) is 0 Å². The van der Waals surface area contributed by atoms with E-state index in [0.29, 0.717) is 12.5 Å². The molecule has 0 amide bonds. The van der Waals surface area contributed by atoms with E-state index in [4.69, 9.17) is 9.47 Å². The predicted octanol–water partition coefficient (Wildman–Crippen LogP) is 1.41. The smallest absolute Gasteiger partial charge is 0.308 e. The van der Waals surface area contributed by atoms with Gasteiger partial charge in [-0.25, -0.2) is 0 Å². The third-order valence-corrected chi connectivity index (χ3v) is 4.11. The summed E-state index contributed by atoms with van der Waals surface area (Å²) in [6, 6.07) is 0. The molecule has 2 rings (SSSR count). The molecule has 0 radical (unpaired) electrons. The van der Waals surface area contributed by atoms with Gasteiger partial charge in [0.1, 0.15) is 0 Å². The predicted molar refractivity (Wildman–Crippen MR) is 70.7 cm³/mol. The van der Waals surface area contributed by atoms with E-state index in [1.54, 1.807) is 0 Å². The Morgan fingerprint density at radius 2 is 2.11 bits per heavy atom. The molecule has 5 heteroatoms. The van der Waals surface area contributed by atoms with Crippen LogP contribution in [0.2, 0.25) is 0 Å². The van der Waals surface area contributed by atoms with E-state index in [1.807, 2.05) is 6.92 Å². The molecule has 0 bridgehead atoms. The lowest BCUT2D eigenvalue weighted by Crippen LogP contribution is -2.36. The molecule has 2 aliphatic rings. The average molecular weight is 271 g/mol. The van der Waals surface area contributed by atoms with E-state index in [9.17, 15) is 4.79 Å². The third kappa shape index (κ3) is 4.16. The van der Waals surface area contributed by atoms with Gasteiger partial charge >= 0.3 is 5.97 Å². The Morgan fingerprint density at radius 3 is 2.74 bits per heavy atom. The highest BCUT2D eigenvalue weighted by Crippen LogP contribution is 2.34. The summed E-state index contributed by atoms with van der Waals surface area (Å²) >= 11 is 0. The molecule has 0 aliphatic carbocycles. The van der Waals surface area contributed by atoms with E-state index in [-0.39, 0.29) is 18.5 Å². The molecular formula is C14H25NO4. The van der Waals surface area contributed by atoms with Gasteiger partial charge in [0.05, 0.1) is 26.2 Å². The lowest BCUT2D eigenvalue weighted by molar-refractivity contribution is -0.171. The molecule has 0 aromatic rings. The van der Waals surface area contributed by atoms with Crippen molar-refractivity contribution < 1.29 is 19.0 Å². The van der Waals surface area contributed by atoms with Crippen molar-refractivity contribution in [1.82, 2.24) is 4.90 Å². The zero-order chi connectivity index (χ0) is 13.9. The van der Waals surface area contributed by atoms with Crippen LogP contribution in [0.4, 0.5) is 0 Å². The van der Waals surface area contributed by atoms with Gasteiger partial charge in [-0.2, -0.15) is 0 Å². The summed E-state index contributed by atoms with van der Waals surface area (Å²) < 4.78 is 16.4. The molecule has 0 saturated carbocycles. The number of likely N-dealkylation sites (tertiary alicyclic amines) is 1. The Labute approximate surface area is 115 Å². The molecular weight excluding hydrogens is 246 g/mol. The lowest BCUT2D eigenvalue weighted by atomic mass is 9.90. The van der Waals surface area contributed by atoms with Crippen LogP contribution in [0.25, 0.3) is 0 Å². The number of hydrogen-bond donors (Lipinski definition) is 0. The molecule has 2 atom stereocenters. The first-order chi connectivity index (χ1) is 9.00. The highest BCUT2D eigenvalue weighted by Gasteiger charge is 2.40. The zero-order valence-corrected chi connectivity index (χ0v) is 12.2. The van der Waals surface area contributed by atoms with E-state index >= 15 is 0 Å². The highest BCUT2D eigenvalue weighted by molar-refractivity contribution is 5.69. The molecule has 19 heavy (non-hydrogen) atoms. The van der Waals surface area contributed by atoms with Crippen LogP contribution in [0, 0.1) is 5.92 Å². The molecule has 0 spiro atoms. The van der Waals surface area contributed by atoms with Crippen molar-refractivity contribution >= 4 is 5.97 Å². The van der Waals surface area contributed by atoms with Gasteiger partial charge in [0.15, 0.2) is 5.79 Å². The average Bonchev–Trinajstić information content (AvgIpc) is 2.73. The van der Waals surface area contributed by atoms with Crippen LogP contribution in [-0.4, -0.2) is 56.6 Å². The van der Waals surface area contributed by atoms with Gasteiger partial charge in [-0.05, 0) is 45.8 Å².